The fourth-order valence-electron chi connectivity index (χ4n) is 3.10. The van der Waals surface area contributed by atoms with E-state index in [-0.39, 0.29) is 29.6 Å². The molecule has 3 unspecified atom stereocenters. The second kappa shape index (κ2) is 7.11. The average molecular weight is 289 g/mol. The van der Waals surface area contributed by atoms with Gasteiger partial charge in [0.15, 0.2) is 0 Å². The van der Waals surface area contributed by atoms with Gasteiger partial charge in [-0.15, -0.1) is 0 Å². The molecule has 1 aliphatic rings. The summed E-state index contributed by atoms with van der Waals surface area (Å²) < 4.78 is 0. The third-order valence-electron chi connectivity index (χ3n) is 4.27. The summed E-state index contributed by atoms with van der Waals surface area (Å²) >= 11 is 0. The first-order chi connectivity index (χ1) is 10.2. The molecule has 0 spiro atoms. The van der Waals surface area contributed by atoms with Crippen molar-refractivity contribution < 1.29 is 10.0 Å². The Morgan fingerprint density at radius 2 is 2.14 bits per heavy atom. The van der Waals surface area contributed by atoms with E-state index in [2.05, 4.69) is 10.5 Å². The normalized spacial score (nSPS) is 23.8. The molecule has 1 saturated carbocycles. The standard InChI is InChI=1S/C16H23N3O2/c1-2-12(11-7-4-3-5-8-11)16(20)18-14-10-6-9-13(14)15(17)19-21/h3-5,7-8,12-14,21H,2,6,9-10H2,1H3,(H2,17,19)(H,18,20). The lowest BCUT2D eigenvalue weighted by Crippen LogP contribution is -2.44. The van der Waals surface area contributed by atoms with Crippen molar-refractivity contribution in [3.8, 4) is 0 Å². The van der Waals surface area contributed by atoms with Crippen LogP contribution in [0.4, 0.5) is 0 Å². The highest BCUT2D eigenvalue weighted by Gasteiger charge is 2.33. The molecule has 4 N–H and O–H groups in total. The summed E-state index contributed by atoms with van der Waals surface area (Å²) in [4.78, 5) is 12.5. The molecule has 5 nitrogen and oxygen atoms in total. The van der Waals surface area contributed by atoms with Crippen molar-refractivity contribution in [2.45, 2.75) is 44.6 Å². The minimum absolute atomic E-state index is 0.0198. The Morgan fingerprint density at radius 3 is 2.76 bits per heavy atom. The molecular weight excluding hydrogens is 266 g/mol. The third-order valence-corrected chi connectivity index (χ3v) is 4.27. The van der Waals surface area contributed by atoms with Crippen LogP contribution in [0.2, 0.25) is 0 Å². The molecule has 1 amide bonds. The highest BCUT2D eigenvalue weighted by Crippen LogP contribution is 2.27. The number of rotatable bonds is 5. The van der Waals surface area contributed by atoms with Gasteiger partial charge in [0.2, 0.25) is 5.91 Å². The number of carbonyl (C=O) groups is 1. The van der Waals surface area contributed by atoms with Crippen LogP contribution < -0.4 is 11.1 Å². The SMILES string of the molecule is CCC(C(=O)NC1CCCC1C(N)=NO)c1ccccc1. The average Bonchev–Trinajstić information content (AvgIpc) is 2.96. The van der Waals surface area contributed by atoms with E-state index in [1.165, 1.54) is 0 Å². The summed E-state index contributed by atoms with van der Waals surface area (Å²) in [5.41, 5.74) is 6.74. The molecule has 0 aromatic heterocycles. The maximum absolute atomic E-state index is 12.5. The summed E-state index contributed by atoms with van der Waals surface area (Å²) in [7, 11) is 0. The Labute approximate surface area is 125 Å². The number of carbonyl (C=O) groups excluding carboxylic acids is 1. The Hall–Kier alpha value is -2.04. The van der Waals surface area contributed by atoms with Gasteiger partial charge in [0.05, 0.1) is 5.92 Å². The summed E-state index contributed by atoms with van der Waals surface area (Å²) in [5, 5.41) is 15.0. The van der Waals surface area contributed by atoms with Crippen molar-refractivity contribution >= 4 is 11.7 Å². The number of hydrogen-bond acceptors (Lipinski definition) is 3. The van der Waals surface area contributed by atoms with Gasteiger partial charge in [0.25, 0.3) is 0 Å². The zero-order chi connectivity index (χ0) is 15.2. The largest absolute Gasteiger partial charge is 0.409 e. The van der Waals surface area contributed by atoms with Crippen LogP contribution in [0.5, 0.6) is 0 Å². The van der Waals surface area contributed by atoms with Crippen LogP contribution in [0, 0.1) is 5.92 Å². The van der Waals surface area contributed by atoms with Crippen LogP contribution in [-0.2, 0) is 4.79 Å². The molecule has 2 rings (SSSR count). The van der Waals surface area contributed by atoms with E-state index in [4.69, 9.17) is 10.9 Å². The number of hydrogen-bond donors (Lipinski definition) is 3. The molecule has 0 radical (unpaired) electrons. The van der Waals surface area contributed by atoms with Gasteiger partial charge >= 0.3 is 0 Å². The Bertz CT molecular complexity index is 502. The number of amides is 1. The second-order valence-electron chi connectivity index (χ2n) is 5.55. The number of benzene rings is 1. The van der Waals surface area contributed by atoms with Crippen LogP contribution in [0.15, 0.2) is 35.5 Å². The molecule has 0 bridgehead atoms. The molecule has 0 saturated heterocycles. The Morgan fingerprint density at radius 1 is 1.43 bits per heavy atom. The quantitative estimate of drug-likeness (QED) is 0.336. The topological polar surface area (TPSA) is 87.7 Å². The molecule has 1 fully saturated rings. The maximum Gasteiger partial charge on any atom is 0.227 e. The van der Waals surface area contributed by atoms with Gasteiger partial charge in [-0.2, -0.15) is 0 Å². The molecular formula is C16H23N3O2. The Balaban J connectivity index is 2.06. The predicted molar refractivity (Wildman–Crippen MR) is 82.2 cm³/mol. The zero-order valence-corrected chi connectivity index (χ0v) is 12.3. The van der Waals surface area contributed by atoms with E-state index in [1.807, 2.05) is 37.3 Å². The minimum atomic E-state index is -0.153. The van der Waals surface area contributed by atoms with Gasteiger partial charge in [-0.1, -0.05) is 48.8 Å². The van der Waals surface area contributed by atoms with Gasteiger partial charge in [-0.3, -0.25) is 4.79 Å². The molecule has 1 aromatic rings. The van der Waals surface area contributed by atoms with Gasteiger partial charge in [-0.25, -0.2) is 0 Å². The first kappa shape index (κ1) is 15.4. The van der Waals surface area contributed by atoms with Crippen LogP contribution >= 0.6 is 0 Å². The molecule has 0 aliphatic heterocycles. The summed E-state index contributed by atoms with van der Waals surface area (Å²) in [5.74, 6) is 0.0175. The minimum Gasteiger partial charge on any atom is -0.409 e. The molecule has 21 heavy (non-hydrogen) atoms. The van der Waals surface area contributed by atoms with E-state index in [1.54, 1.807) is 0 Å². The lowest BCUT2D eigenvalue weighted by atomic mass is 9.94. The highest BCUT2D eigenvalue weighted by molar-refractivity contribution is 5.86. The van der Waals surface area contributed by atoms with Crippen molar-refractivity contribution in [2.24, 2.45) is 16.8 Å². The third kappa shape index (κ3) is 3.54. The van der Waals surface area contributed by atoms with Crippen molar-refractivity contribution in [2.75, 3.05) is 0 Å². The molecule has 114 valence electrons. The van der Waals surface area contributed by atoms with Crippen molar-refractivity contribution in [1.82, 2.24) is 5.32 Å². The van der Waals surface area contributed by atoms with E-state index in [0.717, 1.165) is 31.2 Å². The van der Waals surface area contributed by atoms with Gasteiger partial charge in [0, 0.05) is 12.0 Å². The van der Waals surface area contributed by atoms with Crippen LogP contribution in [0.3, 0.4) is 0 Å². The van der Waals surface area contributed by atoms with E-state index < -0.39 is 0 Å². The molecule has 5 heteroatoms. The van der Waals surface area contributed by atoms with Crippen molar-refractivity contribution in [1.29, 1.82) is 0 Å². The Kier molecular flexibility index (Phi) is 5.20. The highest BCUT2D eigenvalue weighted by atomic mass is 16.4. The van der Waals surface area contributed by atoms with Gasteiger partial charge in [-0.05, 0) is 24.8 Å². The predicted octanol–water partition coefficient (Wildman–Crippen LogP) is 2.21. The lowest BCUT2D eigenvalue weighted by Gasteiger charge is -2.23. The van der Waals surface area contributed by atoms with Crippen molar-refractivity contribution in [3.63, 3.8) is 0 Å². The molecule has 3 atom stereocenters. The smallest absolute Gasteiger partial charge is 0.227 e. The molecule has 0 heterocycles. The van der Waals surface area contributed by atoms with Crippen LogP contribution in [0.1, 0.15) is 44.1 Å². The van der Waals surface area contributed by atoms with Gasteiger partial charge < -0.3 is 16.3 Å². The van der Waals surface area contributed by atoms with Gasteiger partial charge in [0.1, 0.15) is 5.84 Å². The number of oxime groups is 1. The molecule has 1 aliphatic carbocycles. The second-order valence-corrected chi connectivity index (χ2v) is 5.55. The number of nitrogens with one attached hydrogen (secondary N) is 1. The monoisotopic (exact) mass is 289 g/mol. The van der Waals surface area contributed by atoms with Crippen LogP contribution in [-0.4, -0.2) is 23.0 Å². The number of nitrogens with zero attached hydrogens (tertiary/aromatic N) is 1. The summed E-state index contributed by atoms with van der Waals surface area (Å²) in [6.07, 6.45) is 3.45. The van der Waals surface area contributed by atoms with Crippen molar-refractivity contribution in [3.05, 3.63) is 35.9 Å². The maximum atomic E-state index is 12.5. The fourth-order valence-corrected chi connectivity index (χ4v) is 3.10. The first-order valence-corrected chi connectivity index (χ1v) is 7.50. The zero-order valence-electron chi connectivity index (χ0n) is 12.3. The summed E-state index contributed by atoms with van der Waals surface area (Å²) in [6.45, 7) is 2.01. The van der Waals surface area contributed by atoms with E-state index in [0.29, 0.717) is 0 Å². The van der Waals surface area contributed by atoms with E-state index >= 15 is 0 Å². The molecule has 1 aromatic carbocycles. The number of amidine groups is 1. The first-order valence-electron chi connectivity index (χ1n) is 7.50. The summed E-state index contributed by atoms with van der Waals surface area (Å²) in [6, 6.07) is 9.75. The van der Waals surface area contributed by atoms with E-state index in [9.17, 15) is 4.79 Å². The number of nitrogens with two attached hydrogens (primary N) is 1. The van der Waals surface area contributed by atoms with Crippen LogP contribution in [0.25, 0.3) is 0 Å². The lowest BCUT2D eigenvalue weighted by molar-refractivity contribution is -0.123. The fraction of sp³-hybridized carbons (Fsp3) is 0.500.